The van der Waals surface area contributed by atoms with Gasteiger partial charge in [0.1, 0.15) is 0 Å². The van der Waals surface area contributed by atoms with Crippen LogP contribution in [0.5, 0.6) is 0 Å². The summed E-state index contributed by atoms with van der Waals surface area (Å²) in [6, 6.07) is 10.2. The molecular weight excluding hydrogens is 444 g/mol. The van der Waals surface area contributed by atoms with Gasteiger partial charge in [0.15, 0.2) is 16.8 Å². The number of aryl methyl sites for hydroxylation is 1. The van der Waals surface area contributed by atoms with Crippen molar-refractivity contribution in [1.29, 1.82) is 0 Å². The van der Waals surface area contributed by atoms with Crippen LogP contribution < -0.4 is 0 Å². The SMILES string of the molecule is Cc1cc(C(=O)CSc2nnc(-c3ccc(Cl)cc3)n2C[C@H]2CCCO2)c(C)n1C1CC1. The van der Waals surface area contributed by atoms with Crippen LogP contribution in [0.15, 0.2) is 35.5 Å². The summed E-state index contributed by atoms with van der Waals surface area (Å²) in [7, 11) is 0. The van der Waals surface area contributed by atoms with Crippen LogP contribution >= 0.6 is 23.4 Å². The molecule has 32 heavy (non-hydrogen) atoms. The number of thioether (sulfide) groups is 1. The number of Topliss-reactive ketones (excluding diaryl/α,β-unsaturated/α-hetero) is 1. The molecule has 2 aliphatic rings. The van der Waals surface area contributed by atoms with Gasteiger partial charge in [-0.05, 0) is 69.9 Å². The zero-order chi connectivity index (χ0) is 22.2. The zero-order valence-corrected chi connectivity index (χ0v) is 20.0. The van der Waals surface area contributed by atoms with Gasteiger partial charge in [0.05, 0.1) is 18.4 Å². The summed E-state index contributed by atoms with van der Waals surface area (Å²) in [6.45, 7) is 5.62. The lowest BCUT2D eigenvalue weighted by Gasteiger charge is -2.14. The summed E-state index contributed by atoms with van der Waals surface area (Å²) in [5.74, 6) is 1.24. The van der Waals surface area contributed by atoms with Gasteiger partial charge in [0.2, 0.25) is 0 Å². The Balaban J connectivity index is 1.37. The summed E-state index contributed by atoms with van der Waals surface area (Å²) in [5.41, 5.74) is 4.03. The van der Waals surface area contributed by atoms with Gasteiger partial charge < -0.3 is 9.30 Å². The molecule has 0 bridgehead atoms. The highest BCUT2D eigenvalue weighted by molar-refractivity contribution is 7.99. The first-order valence-corrected chi connectivity index (χ1v) is 12.5. The monoisotopic (exact) mass is 470 g/mol. The van der Waals surface area contributed by atoms with Gasteiger partial charge in [-0.25, -0.2) is 0 Å². The third kappa shape index (κ3) is 4.38. The number of benzene rings is 1. The minimum Gasteiger partial charge on any atom is -0.376 e. The number of ketones is 1. The number of hydrogen-bond acceptors (Lipinski definition) is 5. The molecule has 0 unspecified atom stereocenters. The van der Waals surface area contributed by atoms with E-state index in [9.17, 15) is 4.79 Å². The lowest BCUT2D eigenvalue weighted by Crippen LogP contribution is -2.17. The van der Waals surface area contributed by atoms with E-state index in [1.807, 2.05) is 30.3 Å². The van der Waals surface area contributed by atoms with Gasteiger partial charge in [0, 0.05) is 40.2 Å². The summed E-state index contributed by atoms with van der Waals surface area (Å²) < 4.78 is 10.3. The van der Waals surface area contributed by atoms with E-state index in [0.29, 0.717) is 23.4 Å². The Labute approximate surface area is 197 Å². The van der Waals surface area contributed by atoms with E-state index in [-0.39, 0.29) is 11.9 Å². The van der Waals surface area contributed by atoms with Crippen molar-refractivity contribution in [2.45, 2.75) is 63.4 Å². The Morgan fingerprint density at radius 2 is 1.97 bits per heavy atom. The van der Waals surface area contributed by atoms with Crippen molar-refractivity contribution in [3.63, 3.8) is 0 Å². The molecule has 2 fully saturated rings. The van der Waals surface area contributed by atoms with E-state index in [1.165, 1.54) is 30.3 Å². The molecule has 1 aliphatic carbocycles. The number of hydrogen-bond donors (Lipinski definition) is 0. The van der Waals surface area contributed by atoms with E-state index in [4.69, 9.17) is 16.3 Å². The molecule has 1 aromatic carbocycles. The van der Waals surface area contributed by atoms with Crippen molar-refractivity contribution in [2.75, 3.05) is 12.4 Å². The summed E-state index contributed by atoms with van der Waals surface area (Å²) in [5, 5.41) is 10.3. The van der Waals surface area contributed by atoms with Crippen molar-refractivity contribution in [2.24, 2.45) is 0 Å². The second-order valence-electron chi connectivity index (χ2n) is 8.66. The fourth-order valence-corrected chi connectivity index (χ4v) is 5.48. The van der Waals surface area contributed by atoms with Crippen LogP contribution in [0, 0.1) is 13.8 Å². The standard InChI is InChI=1S/C24H27ClN4O2S/c1-15-12-21(16(2)29(15)19-9-10-19)22(30)14-32-24-27-26-23(17-5-7-18(25)8-6-17)28(24)13-20-4-3-11-31-20/h5-8,12,19-20H,3-4,9-11,13-14H2,1-2H3/t20-/m1/s1. The van der Waals surface area contributed by atoms with Gasteiger partial charge in [-0.2, -0.15) is 0 Å². The minimum absolute atomic E-state index is 0.134. The quantitative estimate of drug-likeness (QED) is 0.321. The summed E-state index contributed by atoms with van der Waals surface area (Å²) >= 11 is 7.52. The Bertz CT molecular complexity index is 1130. The Morgan fingerprint density at radius 3 is 2.66 bits per heavy atom. The van der Waals surface area contributed by atoms with Crippen molar-refractivity contribution >= 4 is 29.1 Å². The van der Waals surface area contributed by atoms with E-state index >= 15 is 0 Å². The van der Waals surface area contributed by atoms with Crippen LogP contribution in [0.25, 0.3) is 11.4 Å². The molecule has 1 saturated heterocycles. The molecule has 1 saturated carbocycles. The number of nitrogens with zero attached hydrogens (tertiary/aromatic N) is 4. The largest absolute Gasteiger partial charge is 0.376 e. The van der Waals surface area contributed by atoms with E-state index in [0.717, 1.165) is 47.3 Å². The summed E-state index contributed by atoms with van der Waals surface area (Å²) in [6.07, 6.45) is 4.65. The fourth-order valence-electron chi connectivity index (χ4n) is 4.53. The molecule has 3 aromatic rings. The molecule has 3 heterocycles. The van der Waals surface area contributed by atoms with Crippen molar-refractivity contribution < 1.29 is 9.53 Å². The first-order valence-electron chi connectivity index (χ1n) is 11.2. The van der Waals surface area contributed by atoms with Crippen LogP contribution in [-0.2, 0) is 11.3 Å². The maximum absolute atomic E-state index is 13.1. The summed E-state index contributed by atoms with van der Waals surface area (Å²) in [4.78, 5) is 13.1. The Kier molecular flexibility index (Phi) is 6.14. The third-order valence-corrected chi connectivity index (χ3v) is 7.48. The molecule has 1 atom stereocenters. The molecule has 0 spiro atoms. The van der Waals surface area contributed by atoms with Gasteiger partial charge in [-0.3, -0.25) is 9.36 Å². The van der Waals surface area contributed by atoms with Crippen LogP contribution in [0.2, 0.25) is 5.02 Å². The number of carbonyl (C=O) groups is 1. The highest BCUT2D eigenvalue weighted by Crippen LogP contribution is 2.38. The molecule has 0 radical (unpaired) electrons. The van der Waals surface area contributed by atoms with Crippen molar-refractivity contribution in [1.82, 2.24) is 19.3 Å². The lowest BCUT2D eigenvalue weighted by molar-refractivity contribution is 0.0953. The van der Waals surface area contributed by atoms with Crippen molar-refractivity contribution in [3.8, 4) is 11.4 Å². The maximum Gasteiger partial charge on any atom is 0.192 e. The van der Waals surface area contributed by atoms with Gasteiger partial charge in [-0.1, -0.05) is 23.4 Å². The second-order valence-corrected chi connectivity index (χ2v) is 10.0. The topological polar surface area (TPSA) is 61.9 Å². The molecular formula is C24H27ClN4O2S. The normalized spacial score (nSPS) is 18.4. The maximum atomic E-state index is 13.1. The Morgan fingerprint density at radius 1 is 1.19 bits per heavy atom. The van der Waals surface area contributed by atoms with Crippen LogP contribution in [-0.4, -0.2) is 43.6 Å². The van der Waals surface area contributed by atoms with E-state index in [1.54, 1.807) is 0 Å². The molecule has 5 rings (SSSR count). The molecule has 168 valence electrons. The van der Waals surface area contributed by atoms with Gasteiger partial charge >= 0.3 is 0 Å². The number of rotatable bonds is 8. The minimum atomic E-state index is 0.134. The van der Waals surface area contributed by atoms with Gasteiger partial charge in [0.25, 0.3) is 0 Å². The molecule has 6 nitrogen and oxygen atoms in total. The first kappa shape index (κ1) is 21.7. The van der Waals surface area contributed by atoms with Gasteiger partial charge in [-0.15, -0.1) is 10.2 Å². The lowest BCUT2D eigenvalue weighted by atomic mass is 10.2. The number of aromatic nitrogens is 4. The molecule has 0 amide bonds. The number of halogens is 1. The second kappa shape index (κ2) is 9.04. The Hall–Kier alpha value is -2.09. The fraction of sp³-hybridized carbons (Fsp3) is 0.458. The van der Waals surface area contributed by atoms with Crippen LogP contribution in [0.4, 0.5) is 0 Å². The average molecular weight is 471 g/mol. The van der Waals surface area contributed by atoms with E-state index in [2.05, 4.69) is 33.2 Å². The van der Waals surface area contributed by atoms with Crippen molar-refractivity contribution in [3.05, 3.63) is 52.3 Å². The number of ether oxygens (including phenoxy) is 1. The average Bonchev–Trinajstić information content (AvgIpc) is 3.18. The predicted octanol–water partition coefficient (Wildman–Crippen LogP) is 5.51. The number of carbonyl (C=O) groups excluding carboxylic acids is 1. The zero-order valence-electron chi connectivity index (χ0n) is 18.4. The molecule has 1 aliphatic heterocycles. The highest BCUT2D eigenvalue weighted by atomic mass is 35.5. The first-order chi connectivity index (χ1) is 15.5. The van der Waals surface area contributed by atoms with Crippen LogP contribution in [0.3, 0.4) is 0 Å². The molecule has 2 aromatic heterocycles. The molecule has 8 heteroatoms. The van der Waals surface area contributed by atoms with Crippen LogP contribution in [0.1, 0.15) is 53.5 Å². The highest BCUT2D eigenvalue weighted by Gasteiger charge is 2.29. The predicted molar refractivity (Wildman–Crippen MR) is 127 cm³/mol. The molecule has 0 N–H and O–H groups in total. The smallest absolute Gasteiger partial charge is 0.192 e. The van der Waals surface area contributed by atoms with E-state index < -0.39 is 0 Å². The third-order valence-electron chi connectivity index (χ3n) is 6.26.